The third-order valence-electron chi connectivity index (χ3n) is 5.40. The first-order chi connectivity index (χ1) is 14.7. The Balaban J connectivity index is 1.52. The molecule has 6 heteroatoms. The zero-order valence-electron chi connectivity index (χ0n) is 18.4. The van der Waals surface area contributed by atoms with Gasteiger partial charge in [0.1, 0.15) is 11.5 Å². The average Bonchev–Trinajstić information content (AvgIpc) is 2.77. The van der Waals surface area contributed by atoms with Crippen molar-refractivity contribution < 1.29 is 9.47 Å². The first-order valence-electron chi connectivity index (χ1n) is 10.7. The predicted molar refractivity (Wildman–Crippen MR) is 122 cm³/mol. The van der Waals surface area contributed by atoms with E-state index in [1.54, 1.807) is 7.11 Å². The summed E-state index contributed by atoms with van der Waals surface area (Å²) in [5.41, 5.74) is 2.28. The molecule has 0 radical (unpaired) electrons. The topological polar surface area (TPSA) is 58.1 Å². The second-order valence-corrected chi connectivity index (χ2v) is 7.71. The van der Waals surface area contributed by atoms with Gasteiger partial charge >= 0.3 is 0 Å². The van der Waals surface area contributed by atoms with Crippen molar-refractivity contribution in [1.29, 1.82) is 0 Å². The average molecular weight is 411 g/mol. The van der Waals surface area contributed by atoms with Gasteiger partial charge < -0.3 is 25.0 Å². The molecule has 1 aliphatic rings. The Morgan fingerprint density at radius 2 is 1.93 bits per heavy atom. The number of aryl methyl sites for hydroxylation is 1. The van der Waals surface area contributed by atoms with E-state index in [4.69, 9.17) is 9.47 Å². The zero-order valence-corrected chi connectivity index (χ0v) is 18.4. The van der Waals surface area contributed by atoms with Gasteiger partial charge in [0.05, 0.1) is 6.61 Å². The quantitative estimate of drug-likeness (QED) is 0.515. The molecule has 0 saturated carbocycles. The van der Waals surface area contributed by atoms with Crippen LogP contribution >= 0.6 is 0 Å². The first-order valence-corrected chi connectivity index (χ1v) is 10.7. The number of rotatable bonds is 8. The van der Waals surface area contributed by atoms with Crippen molar-refractivity contribution in [3.63, 3.8) is 0 Å². The van der Waals surface area contributed by atoms with Gasteiger partial charge in [-0.05, 0) is 43.5 Å². The molecule has 1 fully saturated rings. The van der Waals surface area contributed by atoms with Crippen LogP contribution in [0, 0.1) is 6.92 Å². The maximum Gasteiger partial charge on any atom is 0.191 e. The summed E-state index contributed by atoms with van der Waals surface area (Å²) in [6.45, 7) is 6.70. The van der Waals surface area contributed by atoms with E-state index in [-0.39, 0.29) is 0 Å². The number of piperidine rings is 1. The number of hydrogen-bond donors (Lipinski definition) is 2. The van der Waals surface area contributed by atoms with Crippen molar-refractivity contribution in [3.05, 3.63) is 59.7 Å². The molecule has 0 atom stereocenters. The highest BCUT2D eigenvalue weighted by molar-refractivity contribution is 5.80. The maximum atomic E-state index is 6.13. The van der Waals surface area contributed by atoms with Crippen LogP contribution in [0.25, 0.3) is 0 Å². The molecule has 0 aromatic heterocycles. The number of nitrogens with one attached hydrogen (secondary N) is 2. The third-order valence-corrected chi connectivity index (χ3v) is 5.40. The van der Waals surface area contributed by atoms with Crippen LogP contribution < -0.4 is 15.4 Å². The molecule has 3 rings (SSSR count). The van der Waals surface area contributed by atoms with Gasteiger partial charge in [0.25, 0.3) is 0 Å². The molecule has 30 heavy (non-hydrogen) atoms. The smallest absolute Gasteiger partial charge is 0.191 e. The summed E-state index contributed by atoms with van der Waals surface area (Å²) in [5, 5.41) is 7.01. The van der Waals surface area contributed by atoms with Gasteiger partial charge in [0.15, 0.2) is 5.96 Å². The summed E-state index contributed by atoms with van der Waals surface area (Å²) in [6, 6.07) is 16.7. The molecule has 0 amide bonds. The van der Waals surface area contributed by atoms with E-state index in [1.807, 2.05) is 43.4 Å². The summed E-state index contributed by atoms with van der Waals surface area (Å²) < 4.78 is 11.3. The van der Waals surface area contributed by atoms with E-state index in [2.05, 4.69) is 39.6 Å². The molecule has 2 N–H and O–H groups in total. The third kappa shape index (κ3) is 6.75. The fourth-order valence-corrected chi connectivity index (χ4v) is 3.64. The summed E-state index contributed by atoms with van der Waals surface area (Å²) in [5.74, 6) is 2.54. The van der Waals surface area contributed by atoms with E-state index in [0.29, 0.717) is 12.6 Å². The minimum Gasteiger partial charge on any atom is -0.457 e. The summed E-state index contributed by atoms with van der Waals surface area (Å²) in [7, 11) is 3.58. The van der Waals surface area contributed by atoms with Gasteiger partial charge in [-0.1, -0.05) is 30.3 Å². The van der Waals surface area contributed by atoms with Gasteiger partial charge in [0, 0.05) is 51.9 Å². The van der Waals surface area contributed by atoms with E-state index in [1.165, 1.54) is 5.56 Å². The predicted octanol–water partition coefficient (Wildman–Crippen LogP) is 3.56. The largest absolute Gasteiger partial charge is 0.457 e. The molecule has 0 aliphatic carbocycles. The highest BCUT2D eigenvalue weighted by Gasteiger charge is 2.19. The van der Waals surface area contributed by atoms with Gasteiger partial charge in [0.2, 0.25) is 0 Å². The number of aliphatic imine (C=N–C) groups is 1. The van der Waals surface area contributed by atoms with Crippen molar-refractivity contribution in [3.8, 4) is 11.5 Å². The van der Waals surface area contributed by atoms with Crippen LogP contribution in [0.2, 0.25) is 0 Å². The molecule has 0 spiro atoms. The fraction of sp³-hybridized carbons (Fsp3) is 0.458. The summed E-state index contributed by atoms with van der Waals surface area (Å²) in [4.78, 5) is 6.87. The Bertz CT molecular complexity index is 816. The molecular weight excluding hydrogens is 376 g/mol. The second-order valence-electron chi connectivity index (χ2n) is 7.71. The first kappa shape index (κ1) is 22.1. The Kier molecular flexibility index (Phi) is 8.53. The second kappa shape index (κ2) is 11.6. The molecule has 0 unspecified atom stereocenters. The number of guanidine groups is 1. The summed E-state index contributed by atoms with van der Waals surface area (Å²) in [6.07, 6.45) is 2.22. The lowest BCUT2D eigenvalue weighted by Gasteiger charge is -2.32. The monoisotopic (exact) mass is 410 g/mol. The van der Waals surface area contributed by atoms with E-state index in [9.17, 15) is 0 Å². The van der Waals surface area contributed by atoms with E-state index < -0.39 is 0 Å². The van der Waals surface area contributed by atoms with Crippen LogP contribution in [0.5, 0.6) is 11.5 Å². The SMILES string of the molecule is CN=C(NCc1ccccc1Oc1cccc(C)c1)NC1CCN(CCOC)CC1. The molecule has 1 aliphatic heterocycles. The molecule has 1 saturated heterocycles. The standard InChI is InChI=1S/C24H34N4O2/c1-19-7-6-9-22(17-19)30-23-10-5-4-8-20(23)18-26-24(25-2)27-21-11-13-28(14-12-21)15-16-29-3/h4-10,17,21H,11-16,18H2,1-3H3,(H2,25,26,27). The lowest BCUT2D eigenvalue weighted by atomic mass is 10.1. The molecule has 162 valence electrons. The number of methoxy groups -OCH3 is 1. The van der Waals surface area contributed by atoms with Gasteiger partial charge in [-0.3, -0.25) is 4.99 Å². The summed E-state index contributed by atoms with van der Waals surface area (Å²) >= 11 is 0. The van der Waals surface area contributed by atoms with Crippen LogP contribution in [-0.2, 0) is 11.3 Å². The van der Waals surface area contributed by atoms with Crippen molar-refractivity contribution in [1.82, 2.24) is 15.5 Å². The number of para-hydroxylation sites is 1. The number of ether oxygens (including phenoxy) is 2. The van der Waals surface area contributed by atoms with Crippen LogP contribution in [0.1, 0.15) is 24.0 Å². The van der Waals surface area contributed by atoms with Gasteiger partial charge in [-0.15, -0.1) is 0 Å². The Hall–Kier alpha value is -2.57. The Labute approximate surface area is 180 Å². The lowest BCUT2D eigenvalue weighted by molar-refractivity contribution is 0.128. The Morgan fingerprint density at radius 3 is 2.67 bits per heavy atom. The van der Waals surface area contributed by atoms with Gasteiger partial charge in [-0.2, -0.15) is 0 Å². The maximum absolute atomic E-state index is 6.13. The van der Waals surface area contributed by atoms with Crippen molar-refractivity contribution in [2.24, 2.45) is 4.99 Å². The fourth-order valence-electron chi connectivity index (χ4n) is 3.64. The highest BCUT2D eigenvalue weighted by atomic mass is 16.5. The highest BCUT2D eigenvalue weighted by Crippen LogP contribution is 2.25. The molecular formula is C24H34N4O2. The molecule has 0 bridgehead atoms. The number of hydrogen-bond acceptors (Lipinski definition) is 4. The van der Waals surface area contributed by atoms with Crippen molar-refractivity contribution in [2.75, 3.05) is 40.4 Å². The van der Waals surface area contributed by atoms with Gasteiger partial charge in [-0.25, -0.2) is 0 Å². The van der Waals surface area contributed by atoms with E-state index in [0.717, 1.165) is 62.1 Å². The van der Waals surface area contributed by atoms with Crippen LogP contribution in [-0.4, -0.2) is 57.3 Å². The number of benzene rings is 2. The molecule has 2 aromatic carbocycles. The minimum absolute atomic E-state index is 0.439. The van der Waals surface area contributed by atoms with Crippen molar-refractivity contribution >= 4 is 5.96 Å². The number of likely N-dealkylation sites (tertiary alicyclic amines) is 1. The van der Waals surface area contributed by atoms with Crippen molar-refractivity contribution in [2.45, 2.75) is 32.4 Å². The Morgan fingerprint density at radius 1 is 1.13 bits per heavy atom. The molecule has 6 nitrogen and oxygen atoms in total. The molecule has 1 heterocycles. The van der Waals surface area contributed by atoms with E-state index >= 15 is 0 Å². The zero-order chi connectivity index (χ0) is 21.2. The normalized spacial score (nSPS) is 15.8. The van der Waals surface area contributed by atoms with Crippen LogP contribution in [0.15, 0.2) is 53.5 Å². The van der Waals surface area contributed by atoms with Crippen LogP contribution in [0.4, 0.5) is 0 Å². The minimum atomic E-state index is 0.439. The van der Waals surface area contributed by atoms with Crippen LogP contribution in [0.3, 0.4) is 0 Å². The molecule has 2 aromatic rings. The number of nitrogens with zero attached hydrogens (tertiary/aromatic N) is 2. The lowest BCUT2D eigenvalue weighted by Crippen LogP contribution is -2.48.